The second-order valence-corrected chi connectivity index (χ2v) is 5.56. The normalized spacial score (nSPS) is 10.6. The lowest BCUT2D eigenvalue weighted by Gasteiger charge is -2.10. The molecule has 0 aliphatic carbocycles. The van der Waals surface area contributed by atoms with Crippen LogP contribution >= 0.6 is 0 Å². The van der Waals surface area contributed by atoms with Crippen LogP contribution in [0.3, 0.4) is 0 Å². The van der Waals surface area contributed by atoms with Crippen molar-refractivity contribution in [2.45, 2.75) is 6.54 Å². The van der Waals surface area contributed by atoms with Crippen LogP contribution in [-0.4, -0.2) is 36.1 Å². The second-order valence-electron chi connectivity index (χ2n) is 5.56. The van der Waals surface area contributed by atoms with Crippen molar-refractivity contribution < 1.29 is 24.2 Å². The Morgan fingerprint density at radius 1 is 1.16 bits per heavy atom. The van der Waals surface area contributed by atoms with E-state index >= 15 is 0 Å². The predicted octanol–water partition coefficient (Wildman–Crippen LogP) is 3.22. The molecule has 0 bridgehead atoms. The molecule has 0 aliphatic rings. The van der Waals surface area contributed by atoms with Gasteiger partial charge in [0.25, 0.3) is 0 Å². The van der Waals surface area contributed by atoms with Gasteiger partial charge in [-0.15, -0.1) is 0 Å². The number of aromatic nitrogens is 1. The van der Waals surface area contributed by atoms with Crippen molar-refractivity contribution in [3.8, 4) is 11.5 Å². The maximum absolute atomic E-state index is 11.5. The average molecular weight is 339 g/mol. The summed E-state index contributed by atoms with van der Waals surface area (Å²) in [6, 6.07) is 10.2. The van der Waals surface area contributed by atoms with E-state index in [0.29, 0.717) is 23.6 Å². The molecule has 0 radical (unpaired) electrons. The smallest absolute Gasteiger partial charge is 0.335 e. The van der Waals surface area contributed by atoms with E-state index in [9.17, 15) is 9.59 Å². The Morgan fingerprint density at radius 3 is 2.44 bits per heavy atom. The molecule has 2 aromatic carbocycles. The maximum atomic E-state index is 11.5. The molecule has 0 spiro atoms. The lowest BCUT2D eigenvalue weighted by atomic mass is 10.1. The summed E-state index contributed by atoms with van der Waals surface area (Å²) < 4.78 is 12.6. The van der Waals surface area contributed by atoms with Gasteiger partial charge in [0.15, 0.2) is 6.29 Å². The largest absolute Gasteiger partial charge is 0.497 e. The summed E-state index contributed by atoms with van der Waals surface area (Å²) in [4.78, 5) is 22.4. The summed E-state index contributed by atoms with van der Waals surface area (Å²) >= 11 is 0. The molecule has 0 unspecified atom stereocenters. The van der Waals surface area contributed by atoms with E-state index in [1.54, 1.807) is 50.7 Å². The number of nitrogens with zero attached hydrogens (tertiary/aromatic N) is 1. The van der Waals surface area contributed by atoms with Crippen LogP contribution in [0.25, 0.3) is 10.9 Å². The number of methoxy groups -OCH3 is 2. The molecular weight excluding hydrogens is 322 g/mol. The summed E-state index contributed by atoms with van der Waals surface area (Å²) in [6.45, 7) is 0.487. The first-order chi connectivity index (χ1) is 12.1. The number of carboxylic acid groups (broad SMARTS) is 1. The number of carbonyl (C=O) groups excluding carboxylic acids is 1. The SMILES string of the molecule is COc1cc(OC)c2c(C=O)cn(Cc3ccc(C(=O)O)cc3)c2c1. The number of carbonyl (C=O) groups is 2. The monoisotopic (exact) mass is 339 g/mol. The highest BCUT2D eigenvalue weighted by Gasteiger charge is 2.15. The van der Waals surface area contributed by atoms with Crippen molar-refractivity contribution >= 4 is 23.2 Å². The van der Waals surface area contributed by atoms with Crippen LogP contribution in [0.2, 0.25) is 0 Å². The van der Waals surface area contributed by atoms with E-state index in [1.165, 1.54) is 0 Å². The third-order valence-corrected chi connectivity index (χ3v) is 4.08. The number of benzene rings is 2. The van der Waals surface area contributed by atoms with Gasteiger partial charge in [-0.2, -0.15) is 0 Å². The van der Waals surface area contributed by atoms with Gasteiger partial charge < -0.3 is 19.1 Å². The lowest BCUT2D eigenvalue weighted by Crippen LogP contribution is -2.00. The number of carboxylic acids is 1. The van der Waals surface area contributed by atoms with Crippen molar-refractivity contribution in [1.82, 2.24) is 4.57 Å². The first-order valence-electron chi connectivity index (χ1n) is 7.59. The zero-order chi connectivity index (χ0) is 18.0. The fourth-order valence-electron chi connectivity index (χ4n) is 2.84. The van der Waals surface area contributed by atoms with Crippen LogP contribution in [0.4, 0.5) is 0 Å². The van der Waals surface area contributed by atoms with Crippen molar-refractivity contribution in [2.24, 2.45) is 0 Å². The molecular formula is C19H17NO5. The summed E-state index contributed by atoms with van der Waals surface area (Å²) in [7, 11) is 3.11. The molecule has 25 heavy (non-hydrogen) atoms. The molecule has 128 valence electrons. The molecule has 3 rings (SSSR count). The maximum Gasteiger partial charge on any atom is 0.335 e. The first kappa shape index (κ1) is 16.6. The van der Waals surface area contributed by atoms with Gasteiger partial charge in [0.05, 0.1) is 30.7 Å². The van der Waals surface area contributed by atoms with Gasteiger partial charge in [-0.05, 0) is 17.7 Å². The van der Waals surface area contributed by atoms with Gasteiger partial charge in [-0.25, -0.2) is 4.79 Å². The number of fused-ring (bicyclic) bond motifs is 1. The molecule has 0 amide bonds. The van der Waals surface area contributed by atoms with E-state index in [4.69, 9.17) is 14.6 Å². The second kappa shape index (κ2) is 6.68. The molecule has 0 fully saturated rings. The molecule has 1 heterocycles. The topological polar surface area (TPSA) is 77.8 Å². The third-order valence-electron chi connectivity index (χ3n) is 4.08. The van der Waals surface area contributed by atoms with E-state index in [2.05, 4.69) is 0 Å². The average Bonchev–Trinajstić information content (AvgIpc) is 2.99. The number of rotatable bonds is 6. The Bertz CT molecular complexity index is 941. The Hall–Kier alpha value is -3.28. The fraction of sp³-hybridized carbons (Fsp3) is 0.158. The summed E-state index contributed by atoms with van der Waals surface area (Å²) in [6.07, 6.45) is 2.55. The molecule has 1 aromatic heterocycles. The standard InChI is InChI=1S/C19H17NO5/c1-24-15-7-16-18(17(8-15)25-2)14(11-21)10-20(16)9-12-3-5-13(6-4-12)19(22)23/h3-8,10-11H,9H2,1-2H3,(H,22,23). The van der Waals surface area contributed by atoms with Gasteiger partial charge >= 0.3 is 5.97 Å². The minimum Gasteiger partial charge on any atom is -0.497 e. The van der Waals surface area contributed by atoms with Crippen molar-refractivity contribution in [1.29, 1.82) is 0 Å². The Labute approximate surface area is 144 Å². The predicted molar refractivity (Wildman–Crippen MR) is 92.9 cm³/mol. The van der Waals surface area contributed by atoms with Crippen LogP contribution < -0.4 is 9.47 Å². The minimum absolute atomic E-state index is 0.234. The van der Waals surface area contributed by atoms with E-state index in [1.807, 2.05) is 10.6 Å². The highest BCUT2D eigenvalue weighted by molar-refractivity contribution is 6.02. The fourth-order valence-corrected chi connectivity index (χ4v) is 2.84. The van der Waals surface area contributed by atoms with Crippen LogP contribution in [0.15, 0.2) is 42.6 Å². The highest BCUT2D eigenvalue weighted by Crippen LogP contribution is 2.34. The number of ether oxygens (including phenoxy) is 2. The molecule has 6 heteroatoms. The lowest BCUT2D eigenvalue weighted by molar-refractivity contribution is 0.0696. The van der Waals surface area contributed by atoms with Gasteiger partial charge in [0, 0.05) is 30.4 Å². The molecule has 6 nitrogen and oxygen atoms in total. The Kier molecular flexibility index (Phi) is 4.43. The third kappa shape index (κ3) is 3.06. The molecule has 3 aromatic rings. The summed E-state index contributed by atoms with van der Waals surface area (Å²) in [5.74, 6) is 0.231. The number of aromatic carboxylic acids is 1. The van der Waals surface area contributed by atoms with Crippen molar-refractivity contribution in [2.75, 3.05) is 14.2 Å². The van der Waals surface area contributed by atoms with Crippen molar-refractivity contribution in [3.05, 3.63) is 59.3 Å². The van der Waals surface area contributed by atoms with Gasteiger partial charge in [0.1, 0.15) is 11.5 Å². The molecule has 1 N–H and O–H groups in total. The molecule has 0 saturated carbocycles. The quantitative estimate of drug-likeness (QED) is 0.698. The minimum atomic E-state index is -0.962. The number of hydrogen-bond acceptors (Lipinski definition) is 4. The van der Waals surface area contributed by atoms with E-state index < -0.39 is 5.97 Å². The Balaban J connectivity index is 2.09. The zero-order valence-electron chi connectivity index (χ0n) is 13.9. The van der Waals surface area contributed by atoms with E-state index in [-0.39, 0.29) is 5.56 Å². The molecule has 0 atom stereocenters. The van der Waals surface area contributed by atoms with Crippen molar-refractivity contribution in [3.63, 3.8) is 0 Å². The Morgan fingerprint density at radius 2 is 1.88 bits per heavy atom. The van der Waals surface area contributed by atoms with Crippen LogP contribution in [0.5, 0.6) is 11.5 Å². The summed E-state index contributed by atoms with van der Waals surface area (Å²) in [5, 5.41) is 9.71. The first-order valence-corrected chi connectivity index (χ1v) is 7.59. The van der Waals surface area contributed by atoms with Gasteiger partial charge in [0.2, 0.25) is 0 Å². The number of hydrogen-bond donors (Lipinski definition) is 1. The van der Waals surface area contributed by atoms with Gasteiger partial charge in [-0.1, -0.05) is 12.1 Å². The van der Waals surface area contributed by atoms with Crippen LogP contribution in [-0.2, 0) is 6.54 Å². The zero-order valence-corrected chi connectivity index (χ0v) is 13.9. The molecule has 0 saturated heterocycles. The number of aldehydes is 1. The van der Waals surface area contributed by atoms with Crippen LogP contribution in [0, 0.1) is 0 Å². The highest BCUT2D eigenvalue weighted by atomic mass is 16.5. The van der Waals surface area contributed by atoms with Crippen LogP contribution in [0.1, 0.15) is 26.3 Å². The summed E-state index contributed by atoms with van der Waals surface area (Å²) in [5.41, 5.74) is 2.48. The molecule has 0 aliphatic heterocycles. The van der Waals surface area contributed by atoms with Gasteiger partial charge in [-0.3, -0.25) is 4.79 Å². The van der Waals surface area contributed by atoms with E-state index in [0.717, 1.165) is 22.8 Å².